The number of hydrogen-bond acceptors (Lipinski definition) is 3. The molecule has 0 aliphatic rings. The van der Waals surface area contributed by atoms with E-state index >= 15 is 0 Å². The Balaban J connectivity index is 2.69. The van der Waals surface area contributed by atoms with Crippen LogP contribution in [0, 0.1) is 0 Å². The molecule has 16 heavy (non-hydrogen) atoms. The van der Waals surface area contributed by atoms with Crippen LogP contribution in [0.2, 0.25) is 0 Å². The number of thiophene rings is 1. The van der Waals surface area contributed by atoms with E-state index in [2.05, 4.69) is 15.9 Å². The fourth-order valence-corrected chi connectivity index (χ4v) is 2.94. The molecule has 1 heterocycles. The summed E-state index contributed by atoms with van der Waals surface area (Å²) in [6.45, 7) is 6.35. The number of ether oxygens (including phenoxy) is 1. The van der Waals surface area contributed by atoms with Crippen molar-refractivity contribution in [3.63, 3.8) is 0 Å². The summed E-state index contributed by atoms with van der Waals surface area (Å²) in [5.41, 5.74) is -0.634. The van der Waals surface area contributed by atoms with Gasteiger partial charge in [-0.05, 0) is 42.3 Å². The summed E-state index contributed by atoms with van der Waals surface area (Å²) in [6, 6.07) is 1.99. The van der Waals surface area contributed by atoms with Gasteiger partial charge in [-0.2, -0.15) is 0 Å². The zero-order valence-corrected chi connectivity index (χ0v) is 12.3. The summed E-state index contributed by atoms with van der Waals surface area (Å²) in [7, 11) is 0. The molecule has 0 spiro atoms. The maximum Gasteiger partial charge on any atom is 0.169 e. The van der Waals surface area contributed by atoms with E-state index in [1.165, 1.54) is 0 Å². The first-order chi connectivity index (χ1) is 7.51. The van der Waals surface area contributed by atoms with Crippen LogP contribution in [0.25, 0.3) is 0 Å². The van der Waals surface area contributed by atoms with Gasteiger partial charge in [-0.25, -0.2) is 0 Å². The van der Waals surface area contributed by atoms with Gasteiger partial charge in [-0.3, -0.25) is 4.79 Å². The van der Waals surface area contributed by atoms with Gasteiger partial charge in [0.05, 0.1) is 0 Å². The van der Waals surface area contributed by atoms with E-state index in [1.54, 1.807) is 11.3 Å². The van der Waals surface area contributed by atoms with Crippen molar-refractivity contribution < 1.29 is 9.53 Å². The van der Waals surface area contributed by atoms with Crippen molar-refractivity contribution in [1.82, 2.24) is 0 Å². The van der Waals surface area contributed by atoms with Gasteiger partial charge in [0.1, 0.15) is 5.60 Å². The summed E-state index contributed by atoms with van der Waals surface area (Å²) in [5.74, 6) is 0.159. The smallest absolute Gasteiger partial charge is 0.169 e. The summed E-state index contributed by atoms with van der Waals surface area (Å²) < 4.78 is 6.60. The summed E-state index contributed by atoms with van der Waals surface area (Å²) in [4.78, 5) is 13.2. The van der Waals surface area contributed by atoms with Gasteiger partial charge < -0.3 is 4.74 Å². The van der Waals surface area contributed by atoms with Gasteiger partial charge in [0.15, 0.2) is 5.78 Å². The normalized spacial score (nSPS) is 14.8. The third-order valence-electron chi connectivity index (χ3n) is 2.68. The van der Waals surface area contributed by atoms with Gasteiger partial charge in [0.2, 0.25) is 0 Å². The maximum absolute atomic E-state index is 12.1. The van der Waals surface area contributed by atoms with Gasteiger partial charge in [-0.1, -0.05) is 6.92 Å². The third kappa shape index (κ3) is 3.40. The van der Waals surface area contributed by atoms with Crippen molar-refractivity contribution in [2.45, 2.75) is 39.2 Å². The molecule has 0 fully saturated rings. The minimum atomic E-state index is -0.634. The van der Waals surface area contributed by atoms with Crippen LogP contribution < -0.4 is 0 Å². The van der Waals surface area contributed by atoms with Crippen LogP contribution in [-0.4, -0.2) is 18.0 Å². The molecule has 90 valence electrons. The summed E-state index contributed by atoms with van der Waals surface area (Å²) in [5, 5.41) is 1.99. The second-order valence-electron chi connectivity index (χ2n) is 3.85. The number of ketones is 1. The number of rotatable bonds is 6. The Bertz CT molecular complexity index is 362. The molecule has 1 atom stereocenters. The summed E-state index contributed by atoms with van der Waals surface area (Å²) in [6.07, 6.45) is 1.17. The van der Waals surface area contributed by atoms with Gasteiger partial charge in [0, 0.05) is 27.8 Å². The lowest BCUT2D eigenvalue weighted by molar-refractivity contribution is -0.141. The molecule has 0 N–H and O–H groups in total. The topological polar surface area (TPSA) is 26.3 Å². The van der Waals surface area contributed by atoms with Crippen LogP contribution in [0.3, 0.4) is 0 Å². The van der Waals surface area contributed by atoms with Crippen molar-refractivity contribution in [3.05, 3.63) is 20.8 Å². The molecule has 1 aromatic rings. The second-order valence-corrected chi connectivity index (χ2v) is 5.76. The first-order valence-electron chi connectivity index (χ1n) is 5.42. The number of hydrogen-bond donors (Lipinski definition) is 0. The number of halogens is 1. The Morgan fingerprint density at radius 1 is 1.56 bits per heavy atom. The molecule has 0 aliphatic carbocycles. The zero-order chi connectivity index (χ0) is 12.2. The van der Waals surface area contributed by atoms with E-state index in [-0.39, 0.29) is 5.78 Å². The number of carbonyl (C=O) groups excluding carboxylic acids is 1. The Morgan fingerprint density at radius 2 is 2.25 bits per heavy atom. The lowest BCUT2D eigenvalue weighted by Crippen LogP contribution is -2.38. The molecule has 1 rings (SSSR count). The Kier molecular flexibility index (Phi) is 5.15. The van der Waals surface area contributed by atoms with Gasteiger partial charge >= 0.3 is 0 Å². The monoisotopic (exact) mass is 304 g/mol. The minimum Gasteiger partial charge on any atom is -0.368 e. The molecular weight excluding hydrogens is 288 g/mol. The fraction of sp³-hybridized carbons (Fsp3) is 0.583. The zero-order valence-electron chi connectivity index (χ0n) is 9.88. The van der Waals surface area contributed by atoms with Crippen molar-refractivity contribution in [3.8, 4) is 0 Å². The van der Waals surface area contributed by atoms with Crippen molar-refractivity contribution in [1.29, 1.82) is 0 Å². The molecule has 4 heteroatoms. The van der Waals surface area contributed by atoms with E-state index in [4.69, 9.17) is 4.74 Å². The van der Waals surface area contributed by atoms with Crippen molar-refractivity contribution >= 4 is 33.0 Å². The molecule has 1 aromatic heterocycles. The van der Waals surface area contributed by atoms with Gasteiger partial charge in [0.25, 0.3) is 0 Å². The predicted octanol–water partition coefficient (Wildman–Crippen LogP) is 3.83. The SMILES string of the molecule is CCOC(C)(CC)C(=O)Cc1cc(Br)cs1. The second kappa shape index (κ2) is 5.94. The standard InChI is InChI=1S/C12H17BrO2S/c1-4-12(3,15-5-2)11(14)7-10-6-9(13)8-16-10/h6,8H,4-5,7H2,1-3H3. The van der Waals surface area contributed by atoms with E-state index in [9.17, 15) is 4.79 Å². The highest BCUT2D eigenvalue weighted by Gasteiger charge is 2.31. The van der Waals surface area contributed by atoms with E-state index < -0.39 is 5.60 Å². The van der Waals surface area contributed by atoms with Crippen LogP contribution in [0.5, 0.6) is 0 Å². The lowest BCUT2D eigenvalue weighted by atomic mass is 9.94. The van der Waals surface area contributed by atoms with Crippen LogP contribution >= 0.6 is 27.3 Å². The predicted molar refractivity (Wildman–Crippen MR) is 71.1 cm³/mol. The molecule has 0 aliphatic heterocycles. The highest BCUT2D eigenvalue weighted by atomic mass is 79.9. The van der Waals surface area contributed by atoms with E-state index in [1.807, 2.05) is 32.2 Å². The molecule has 1 unspecified atom stereocenters. The molecule has 0 saturated heterocycles. The van der Waals surface area contributed by atoms with E-state index in [0.29, 0.717) is 19.4 Å². The largest absolute Gasteiger partial charge is 0.368 e. The van der Waals surface area contributed by atoms with Gasteiger partial charge in [-0.15, -0.1) is 11.3 Å². The maximum atomic E-state index is 12.1. The third-order valence-corrected chi connectivity index (χ3v) is 4.38. The lowest BCUT2D eigenvalue weighted by Gasteiger charge is -2.26. The van der Waals surface area contributed by atoms with Crippen LogP contribution in [-0.2, 0) is 16.0 Å². The molecule has 0 aromatic carbocycles. The van der Waals surface area contributed by atoms with Crippen LogP contribution in [0.15, 0.2) is 15.9 Å². The van der Waals surface area contributed by atoms with E-state index in [0.717, 1.165) is 9.35 Å². The fourth-order valence-electron chi connectivity index (χ4n) is 1.49. The van der Waals surface area contributed by atoms with Crippen LogP contribution in [0.1, 0.15) is 32.1 Å². The molecule has 2 nitrogen and oxygen atoms in total. The number of carbonyl (C=O) groups is 1. The highest BCUT2D eigenvalue weighted by molar-refractivity contribution is 9.10. The van der Waals surface area contributed by atoms with Crippen molar-refractivity contribution in [2.75, 3.05) is 6.61 Å². The molecule has 0 radical (unpaired) electrons. The number of Topliss-reactive ketones (excluding diaryl/α,β-unsaturated/α-hetero) is 1. The Labute approximate surface area is 109 Å². The summed E-state index contributed by atoms with van der Waals surface area (Å²) >= 11 is 4.99. The van der Waals surface area contributed by atoms with Crippen molar-refractivity contribution in [2.24, 2.45) is 0 Å². The molecular formula is C12H17BrO2S. The minimum absolute atomic E-state index is 0.159. The first-order valence-corrected chi connectivity index (χ1v) is 7.09. The Hall–Kier alpha value is -0.190. The van der Waals surface area contributed by atoms with Crippen LogP contribution in [0.4, 0.5) is 0 Å². The molecule has 0 amide bonds. The first kappa shape index (κ1) is 13.9. The highest BCUT2D eigenvalue weighted by Crippen LogP contribution is 2.24. The molecule has 0 bridgehead atoms. The Morgan fingerprint density at radius 3 is 2.69 bits per heavy atom. The average Bonchev–Trinajstić information content (AvgIpc) is 2.64. The molecule has 0 saturated carbocycles. The quantitative estimate of drug-likeness (QED) is 0.798. The average molecular weight is 305 g/mol.